The lowest BCUT2D eigenvalue weighted by atomic mass is 10.1. The van der Waals surface area contributed by atoms with Gasteiger partial charge in [-0.25, -0.2) is 0 Å². The zero-order valence-corrected chi connectivity index (χ0v) is 12.5. The smallest absolute Gasteiger partial charge is 0.120 e. The summed E-state index contributed by atoms with van der Waals surface area (Å²) in [6.45, 7) is 5.58. The van der Waals surface area contributed by atoms with Crippen LogP contribution in [0.15, 0.2) is 49.1 Å². The van der Waals surface area contributed by atoms with Crippen molar-refractivity contribution in [1.82, 2.24) is 0 Å². The standard InChI is InChI=1S/C18H22O3/c1-3-4-5-10-20-17-8-6-16-14-18(21-12-11-19-2)9-7-15(16)13-17/h3,6-9,13-14H,1,4-5,10-12H2,2H3. The molecule has 0 aliphatic carbocycles. The van der Waals surface area contributed by atoms with E-state index in [-0.39, 0.29) is 0 Å². The molecule has 0 spiro atoms. The topological polar surface area (TPSA) is 27.7 Å². The molecular formula is C18H22O3. The van der Waals surface area contributed by atoms with E-state index in [2.05, 4.69) is 18.7 Å². The lowest BCUT2D eigenvalue weighted by Crippen LogP contribution is -2.03. The van der Waals surface area contributed by atoms with Crippen molar-refractivity contribution < 1.29 is 14.2 Å². The van der Waals surface area contributed by atoms with E-state index in [9.17, 15) is 0 Å². The maximum absolute atomic E-state index is 5.73. The summed E-state index contributed by atoms with van der Waals surface area (Å²) in [6.07, 6.45) is 3.89. The predicted octanol–water partition coefficient (Wildman–Crippen LogP) is 4.21. The van der Waals surface area contributed by atoms with E-state index in [1.165, 1.54) is 0 Å². The molecule has 0 atom stereocenters. The minimum absolute atomic E-state index is 0.562. The van der Waals surface area contributed by atoms with Gasteiger partial charge in [-0.3, -0.25) is 0 Å². The van der Waals surface area contributed by atoms with Crippen molar-refractivity contribution in [1.29, 1.82) is 0 Å². The Balaban J connectivity index is 1.99. The second-order valence-electron chi connectivity index (χ2n) is 4.79. The molecule has 112 valence electrons. The third-order valence-electron chi connectivity index (χ3n) is 3.16. The zero-order chi connectivity index (χ0) is 14.9. The van der Waals surface area contributed by atoms with E-state index >= 15 is 0 Å². The molecular weight excluding hydrogens is 264 g/mol. The summed E-state index contributed by atoms with van der Waals surface area (Å²) < 4.78 is 16.3. The molecule has 0 saturated heterocycles. The summed E-state index contributed by atoms with van der Waals surface area (Å²) in [6, 6.07) is 12.2. The van der Waals surface area contributed by atoms with Crippen molar-refractivity contribution in [2.45, 2.75) is 12.8 Å². The fourth-order valence-corrected chi connectivity index (χ4v) is 2.04. The number of methoxy groups -OCH3 is 1. The van der Waals surface area contributed by atoms with Crippen LogP contribution >= 0.6 is 0 Å². The van der Waals surface area contributed by atoms with Crippen LogP contribution in [0.5, 0.6) is 11.5 Å². The normalized spacial score (nSPS) is 10.5. The van der Waals surface area contributed by atoms with E-state index in [1.807, 2.05) is 30.3 Å². The first-order chi connectivity index (χ1) is 10.3. The van der Waals surface area contributed by atoms with Gasteiger partial charge in [0.15, 0.2) is 0 Å². The molecule has 2 aromatic rings. The molecule has 0 unspecified atom stereocenters. The molecule has 0 fully saturated rings. The van der Waals surface area contributed by atoms with E-state index in [1.54, 1.807) is 7.11 Å². The Labute approximate surface area is 126 Å². The average Bonchev–Trinajstić information content (AvgIpc) is 2.52. The van der Waals surface area contributed by atoms with Gasteiger partial charge >= 0.3 is 0 Å². The maximum Gasteiger partial charge on any atom is 0.120 e. The third kappa shape index (κ3) is 4.80. The van der Waals surface area contributed by atoms with Crippen molar-refractivity contribution in [3.63, 3.8) is 0 Å². The van der Waals surface area contributed by atoms with Crippen LogP contribution in [0.4, 0.5) is 0 Å². The molecule has 0 amide bonds. The number of hydrogen-bond donors (Lipinski definition) is 0. The lowest BCUT2D eigenvalue weighted by Gasteiger charge is -2.09. The highest BCUT2D eigenvalue weighted by atomic mass is 16.5. The monoisotopic (exact) mass is 286 g/mol. The van der Waals surface area contributed by atoms with Gasteiger partial charge in [-0.05, 0) is 47.9 Å². The highest BCUT2D eigenvalue weighted by Crippen LogP contribution is 2.25. The van der Waals surface area contributed by atoms with Gasteiger partial charge in [-0.2, -0.15) is 0 Å². The molecule has 21 heavy (non-hydrogen) atoms. The number of hydrogen-bond acceptors (Lipinski definition) is 3. The summed E-state index contributed by atoms with van der Waals surface area (Å²) in [5.74, 6) is 1.76. The van der Waals surface area contributed by atoms with Crippen LogP contribution in [0.25, 0.3) is 10.8 Å². The lowest BCUT2D eigenvalue weighted by molar-refractivity contribution is 0.146. The van der Waals surface area contributed by atoms with Crippen molar-refractivity contribution in [3.05, 3.63) is 49.1 Å². The molecule has 0 bridgehead atoms. The number of allylic oxidation sites excluding steroid dienone is 1. The highest BCUT2D eigenvalue weighted by molar-refractivity contribution is 5.85. The first-order valence-corrected chi connectivity index (χ1v) is 7.23. The fraction of sp³-hybridized carbons (Fsp3) is 0.333. The number of unbranched alkanes of at least 4 members (excludes halogenated alkanes) is 1. The van der Waals surface area contributed by atoms with Crippen molar-refractivity contribution >= 4 is 10.8 Å². The van der Waals surface area contributed by atoms with Crippen LogP contribution in [0, 0.1) is 0 Å². The maximum atomic E-state index is 5.73. The molecule has 2 aromatic carbocycles. The van der Waals surface area contributed by atoms with Crippen LogP contribution in [-0.2, 0) is 4.74 Å². The number of rotatable bonds is 9. The number of fused-ring (bicyclic) bond motifs is 1. The molecule has 0 N–H and O–H groups in total. The second kappa shape index (κ2) is 8.32. The molecule has 0 heterocycles. The first-order valence-electron chi connectivity index (χ1n) is 7.23. The summed E-state index contributed by atoms with van der Waals surface area (Å²) >= 11 is 0. The van der Waals surface area contributed by atoms with Gasteiger partial charge in [0.2, 0.25) is 0 Å². The minimum Gasteiger partial charge on any atom is -0.494 e. The Morgan fingerprint density at radius 1 is 0.905 bits per heavy atom. The van der Waals surface area contributed by atoms with Crippen molar-refractivity contribution in [3.8, 4) is 11.5 Å². The van der Waals surface area contributed by atoms with Crippen LogP contribution in [0.1, 0.15) is 12.8 Å². The van der Waals surface area contributed by atoms with Gasteiger partial charge < -0.3 is 14.2 Å². The van der Waals surface area contributed by atoms with Gasteiger partial charge in [-0.1, -0.05) is 18.2 Å². The molecule has 3 heteroatoms. The zero-order valence-electron chi connectivity index (χ0n) is 12.5. The summed E-state index contributed by atoms with van der Waals surface area (Å²) in [4.78, 5) is 0. The predicted molar refractivity (Wildman–Crippen MR) is 86.2 cm³/mol. The number of benzene rings is 2. The Morgan fingerprint density at radius 3 is 2.10 bits per heavy atom. The van der Waals surface area contributed by atoms with Crippen molar-refractivity contribution in [2.24, 2.45) is 0 Å². The molecule has 0 radical (unpaired) electrons. The van der Waals surface area contributed by atoms with Gasteiger partial charge in [0.05, 0.1) is 13.2 Å². The van der Waals surface area contributed by atoms with E-state index in [0.29, 0.717) is 13.2 Å². The Hall–Kier alpha value is -2.00. The van der Waals surface area contributed by atoms with Crippen LogP contribution in [-0.4, -0.2) is 26.9 Å². The van der Waals surface area contributed by atoms with E-state index < -0.39 is 0 Å². The average molecular weight is 286 g/mol. The fourth-order valence-electron chi connectivity index (χ4n) is 2.04. The third-order valence-corrected chi connectivity index (χ3v) is 3.16. The molecule has 0 aromatic heterocycles. The molecule has 3 nitrogen and oxygen atoms in total. The van der Waals surface area contributed by atoms with Crippen LogP contribution < -0.4 is 9.47 Å². The van der Waals surface area contributed by atoms with E-state index in [0.717, 1.165) is 41.7 Å². The Kier molecular flexibility index (Phi) is 6.10. The molecule has 0 aliphatic rings. The first kappa shape index (κ1) is 15.4. The second-order valence-corrected chi connectivity index (χ2v) is 4.79. The van der Waals surface area contributed by atoms with E-state index in [4.69, 9.17) is 14.2 Å². The van der Waals surface area contributed by atoms with Crippen LogP contribution in [0.3, 0.4) is 0 Å². The highest BCUT2D eigenvalue weighted by Gasteiger charge is 2.00. The van der Waals surface area contributed by atoms with Crippen LogP contribution in [0.2, 0.25) is 0 Å². The molecule has 2 rings (SSSR count). The minimum atomic E-state index is 0.562. The Bertz CT molecular complexity index is 578. The summed E-state index contributed by atoms with van der Waals surface area (Å²) in [5, 5.41) is 2.29. The van der Waals surface area contributed by atoms with Gasteiger partial charge in [-0.15, -0.1) is 6.58 Å². The summed E-state index contributed by atoms with van der Waals surface area (Å²) in [7, 11) is 1.67. The quantitative estimate of drug-likeness (QED) is 0.510. The SMILES string of the molecule is C=CCCCOc1ccc2cc(OCCOC)ccc2c1. The summed E-state index contributed by atoms with van der Waals surface area (Å²) in [5.41, 5.74) is 0. The van der Waals surface area contributed by atoms with Gasteiger partial charge in [0.25, 0.3) is 0 Å². The van der Waals surface area contributed by atoms with Gasteiger partial charge in [0, 0.05) is 7.11 Å². The largest absolute Gasteiger partial charge is 0.494 e. The number of ether oxygens (including phenoxy) is 3. The Morgan fingerprint density at radius 2 is 1.52 bits per heavy atom. The molecule has 0 saturated carbocycles. The van der Waals surface area contributed by atoms with Crippen molar-refractivity contribution in [2.75, 3.05) is 26.9 Å². The van der Waals surface area contributed by atoms with Gasteiger partial charge in [0.1, 0.15) is 18.1 Å². The molecule has 0 aliphatic heterocycles.